The summed E-state index contributed by atoms with van der Waals surface area (Å²) in [7, 11) is 0. The Morgan fingerprint density at radius 3 is 2.37 bits per heavy atom. The van der Waals surface area contributed by atoms with E-state index in [1.54, 1.807) is 0 Å². The molecule has 108 valence electrons. The Morgan fingerprint density at radius 2 is 1.79 bits per heavy atom. The normalized spacial score (nSPS) is 13.6. The maximum atomic E-state index is 5.95. The van der Waals surface area contributed by atoms with Crippen molar-refractivity contribution in [2.24, 2.45) is 0 Å². The van der Waals surface area contributed by atoms with Crippen molar-refractivity contribution in [3.63, 3.8) is 0 Å². The van der Waals surface area contributed by atoms with Gasteiger partial charge in [0.05, 0.1) is 6.10 Å². The molecule has 0 saturated carbocycles. The highest BCUT2D eigenvalue weighted by molar-refractivity contribution is 5.39. The smallest absolute Gasteiger partial charge is 0.123 e. The summed E-state index contributed by atoms with van der Waals surface area (Å²) >= 11 is 0. The quantitative estimate of drug-likeness (QED) is 0.798. The van der Waals surface area contributed by atoms with E-state index in [-0.39, 0.29) is 11.5 Å². The van der Waals surface area contributed by atoms with Crippen molar-refractivity contribution in [1.82, 2.24) is 5.32 Å². The van der Waals surface area contributed by atoms with Crippen molar-refractivity contribution < 1.29 is 4.74 Å². The fraction of sp³-hybridized carbons (Fsp3) is 0.647. The van der Waals surface area contributed by atoms with Crippen LogP contribution in [0.3, 0.4) is 0 Å². The summed E-state index contributed by atoms with van der Waals surface area (Å²) in [6, 6.07) is 8.92. The Morgan fingerprint density at radius 1 is 1.16 bits per heavy atom. The SMILES string of the molecule is CCNC(C)CC(C)(C)c1ccccc1OC(C)C. The van der Waals surface area contributed by atoms with E-state index in [0.29, 0.717) is 6.04 Å². The van der Waals surface area contributed by atoms with Gasteiger partial charge in [-0.25, -0.2) is 0 Å². The highest BCUT2D eigenvalue weighted by atomic mass is 16.5. The lowest BCUT2D eigenvalue weighted by Crippen LogP contribution is -2.33. The van der Waals surface area contributed by atoms with E-state index in [9.17, 15) is 0 Å². The third kappa shape index (κ3) is 4.87. The lowest BCUT2D eigenvalue weighted by atomic mass is 9.79. The Bertz CT molecular complexity index is 385. The molecule has 0 aromatic heterocycles. The molecule has 0 heterocycles. The summed E-state index contributed by atoms with van der Waals surface area (Å²) in [6.07, 6.45) is 1.31. The third-order valence-electron chi connectivity index (χ3n) is 3.35. The van der Waals surface area contributed by atoms with E-state index >= 15 is 0 Å². The molecule has 1 N–H and O–H groups in total. The van der Waals surface area contributed by atoms with Gasteiger partial charge in [-0.2, -0.15) is 0 Å². The van der Waals surface area contributed by atoms with Crippen LogP contribution in [0.4, 0.5) is 0 Å². The van der Waals surface area contributed by atoms with Crippen molar-refractivity contribution in [3.8, 4) is 5.75 Å². The zero-order valence-electron chi connectivity index (χ0n) is 13.3. The van der Waals surface area contributed by atoms with Crippen LogP contribution in [0.2, 0.25) is 0 Å². The van der Waals surface area contributed by atoms with E-state index < -0.39 is 0 Å². The van der Waals surface area contributed by atoms with Crippen LogP contribution in [-0.4, -0.2) is 18.7 Å². The average molecular weight is 263 g/mol. The van der Waals surface area contributed by atoms with Crippen LogP contribution in [0.25, 0.3) is 0 Å². The summed E-state index contributed by atoms with van der Waals surface area (Å²) in [5, 5.41) is 3.49. The van der Waals surface area contributed by atoms with Crippen LogP contribution < -0.4 is 10.1 Å². The minimum Gasteiger partial charge on any atom is -0.491 e. The number of benzene rings is 1. The van der Waals surface area contributed by atoms with Crippen LogP contribution in [0, 0.1) is 0 Å². The van der Waals surface area contributed by atoms with Gasteiger partial charge in [0.1, 0.15) is 5.75 Å². The molecule has 0 saturated heterocycles. The standard InChI is InChI=1S/C17H29NO/c1-7-18-14(4)12-17(5,6)15-10-8-9-11-16(15)19-13(2)3/h8-11,13-14,18H,7,12H2,1-6H3. The molecule has 2 nitrogen and oxygen atoms in total. The minimum absolute atomic E-state index is 0.104. The molecule has 0 aliphatic rings. The Kier molecular flexibility index (Phi) is 5.86. The number of rotatable bonds is 7. The second-order valence-electron chi connectivity index (χ2n) is 6.21. The second kappa shape index (κ2) is 6.95. The Balaban J connectivity index is 2.93. The minimum atomic E-state index is 0.104. The average Bonchev–Trinajstić information content (AvgIpc) is 2.28. The molecule has 0 radical (unpaired) electrons. The van der Waals surface area contributed by atoms with Gasteiger partial charge in [-0.3, -0.25) is 0 Å². The van der Waals surface area contributed by atoms with Crippen molar-refractivity contribution in [2.75, 3.05) is 6.54 Å². The summed E-state index contributed by atoms with van der Waals surface area (Å²) in [4.78, 5) is 0. The first-order valence-electron chi connectivity index (χ1n) is 7.36. The predicted molar refractivity (Wildman–Crippen MR) is 83.0 cm³/mol. The molecule has 0 spiro atoms. The number of nitrogens with one attached hydrogen (secondary N) is 1. The van der Waals surface area contributed by atoms with Gasteiger partial charge in [0, 0.05) is 6.04 Å². The zero-order valence-corrected chi connectivity index (χ0v) is 13.3. The van der Waals surface area contributed by atoms with Gasteiger partial charge in [0.25, 0.3) is 0 Å². The number of para-hydroxylation sites is 1. The van der Waals surface area contributed by atoms with Crippen LogP contribution >= 0.6 is 0 Å². The Hall–Kier alpha value is -1.02. The van der Waals surface area contributed by atoms with Gasteiger partial charge < -0.3 is 10.1 Å². The van der Waals surface area contributed by atoms with Crippen LogP contribution in [0.15, 0.2) is 24.3 Å². The number of hydrogen-bond acceptors (Lipinski definition) is 2. The Labute approximate surface area is 118 Å². The number of ether oxygens (including phenoxy) is 1. The van der Waals surface area contributed by atoms with E-state index in [4.69, 9.17) is 4.74 Å². The molecule has 1 unspecified atom stereocenters. The lowest BCUT2D eigenvalue weighted by Gasteiger charge is -2.31. The molecule has 0 aliphatic carbocycles. The fourth-order valence-electron chi connectivity index (χ4n) is 2.68. The lowest BCUT2D eigenvalue weighted by molar-refractivity contribution is 0.234. The van der Waals surface area contributed by atoms with E-state index in [0.717, 1.165) is 18.7 Å². The maximum Gasteiger partial charge on any atom is 0.123 e. The zero-order chi connectivity index (χ0) is 14.5. The van der Waals surface area contributed by atoms with Crippen molar-refractivity contribution in [3.05, 3.63) is 29.8 Å². The number of hydrogen-bond donors (Lipinski definition) is 1. The topological polar surface area (TPSA) is 21.3 Å². The van der Waals surface area contributed by atoms with Crippen LogP contribution in [0.1, 0.15) is 53.5 Å². The van der Waals surface area contributed by atoms with Crippen LogP contribution in [0.5, 0.6) is 5.75 Å². The van der Waals surface area contributed by atoms with Gasteiger partial charge in [-0.15, -0.1) is 0 Å². The molecule has 1 rings (SSSR count). The van der Waals surface area contributed by atoms with Crippen molar-refractivity contribution >= 4 is 0 Å². The first-order chi connectivity index (χ1) is 8.86. The summed E-state index contributed by atoms with van der Waals surface area (Å²) in [5.74, 6) is 1.02. The highest BCUT2D eigenvalue weighted by Crippen LogP contribution is 2.35. The van der Waals surface area contributed by atoms with Gasteiger partial charge in [0.2, 0.25) is 0 Å². The summed E-state index contributed by atoms with van der Waals surface area (Å²) in [6.45, 7) is 14.2. The molecule has 0 fully saturated rings. The van der Waals surface area contributed by atoms with E-state index in [1.165, 1.54) is 5.56 Å². The van der Waals surface area contributed by atoms with Crippen molar-refractivity contribution in [2.45, 2.75) is 65.5 Å². The largest absolute Gasteiger partial charge is 0.491 e. The van der Waals surface area contributed by atoms with Gasteiger partial charge >= 0.3 is 0 Å². The molecular weight excluding hydrogens is 234 g/mol. The molecule has 1 atom stereocenters. The third-order valence-corrected chi connectivity index (χ3v) is 3.35. The molecule has 2 heteroatoms. The molecule has 19 heavy (non-hydrogen) atoms. The predicted octanol–water partition coefficient (Wildman–Crippen LogP) is 4.14. The van der Waals surface area contributed by atoms with Gasteiger partial charge in [-0.05, 0) is 50.8 Å². The maximum absolute atomic E-state index is 5.95. The van der Waals surface area contributed by atoms with Crippen LogP contribution in [-0.2, 0) is 5.41 Å². The van der Waals surface area contributed by atoms with Gasteiger partial charge in [0.15, 0.2) is 0 Å². The van der Waals surface area contributed by atoms with Crippen molar-refractivity contribution in [1.29, 1.82) is 0 Å². The van der Waals surface area contributed by atoms with Gasteiger partial charge in [-0.1, -0.05) is 39.0 Å². The van der Waals surface area contributed by atoms with E-state index in [1.807, 2.05) is 6.07 Å². The molecular formula is C17H29NO. The first kappa shape index (κ1) is 16.0. The first-order valence-corrected chi connectivity index (χ1v) is 7.36. The second-order valence-corrected chi connectivity index (χ2v) is 6.21. The molecule has 0 amide bonds. The monoisotopic (exact) mass is 263 g/mol. The molecule has 1 aromatic carbocycles. The fourth-order valence-corrected chi connectivity index (χ4v) is 2.68. The molecule has 0 aliphatic heterocycles. The molecule has 1 aromatic rings. The summed E-state index contributed by atoms with van der Waals surface area (Å²) in [5.41, 5.74) is 1.40. The van der Waals surface area contributed by atoms with E-state index in [2.05, 4.69) is 65.1 Å². The summed E-state index contributed by atoms with van der Waals surface area (Å²) < 4.78 is 5.95. The highest BCUT2D eigenvalue weighted by Gasteiger charge is 2.26. The molecule has 0 bridgehead atoms.